The van der Waals surface area contributed by atoms with Gasteiger partial charge in [0, 0.05) is 22.2 Å². The van der Waals surface area contributed by atoms with E-state index in [1.807, 2.05) is 78.9 Å². The Bertz CT molecular complexity index is 1130. The predicted molar refractivity (Wildman–Crippen MR) is 114 cm³/mol. The number of carbonyl (C=O) groups excluding carboxylic acids is 2. The van der Waals surface area contributed by atoms with Crippen LogP contribution in [0, 0.1) is 0 Å². The third kappa shape index (κ3) is 4.04. The molecule has 0 aliphatic rings. The molecule has 0 saturated heterocycles. The summed E-state index contributed by atoms with van der Waals surface area (Å²) in [5.41, 5.74) is 3.71. The van der Waals surface area contributed by atoms with Gasteiger partial charge in [0.25, 0.3) is 5.91 Å². The van der Waals surface area contributed by atoms with Crippen molar-refractivity contribution >= 4 is 28.5 Å². The summed E-state index contributed by atoms with van der Waals surface area (Å²) in [5, 5.41) is 3.78. The zero-order valence-corrected chi connectivity index (χ0v) is 15.9. The van der Waals surface area contributed by atoms with E-state index < -0.39 is 18.0 Å². The maximum absolute atomic E-state index is 12.6. The number of aromatic amines is 1. The van der Waals surface area contributed by atoms with E-state index in [-0.39, 0.29) is 0 Å². The lowest BCUT2D eigenvalue weighted by Crippen LogP contribution is -2.30. The van der Waals surface area contributed by atoms with Gasteiger partial charge in [-0.3, -0.25) is 4.79 Å². The number of para-hydroxylation sites is 2. The van der Waals surface area contributed by atoms with E-state index in [0.29, 0.717) is 11.4 Å². The number of H-pyrrole nitrogens is 1. The second-order valence-corrected chi connectivity index (χ2v) is 6.72. The quantitative estimate of drug-likeness (QED) is 0.475. The largest absolute Gasteiger partial charge is 0.448 e. The van der Waals surface area contributed by atoms with Crippen LogP contribution in [0.2, 0.25) is 0 Å². The van der Waals surface area contributed by atoms with Crippen LogP contribution < -0.4 is 5.32 Å². The van der Waals surface area contributed by atoms with Gasteiger partial charge in [-0.05, 0) is 30.7 Å². The molecule has 1 atom stereocenters. The van der Waals surface area contributed by atoms with Gasteiger partial charge in [0.15, 0.2) is 6.10 Å². The highest BCUT2D eigenvalue weighted by molar-refractivity contribution is 6.00. The summed E-state index contributed by atoms with van der Waals surface area (Å²) in [5.74, 6) is -0.960. The number of rotatable bonds is 5. The zero-order chi connectivity index (χ0) is 20.2. The second kappa shape index (κ2) is 8.02. The van der Waals surface area contributed by atoms with Crippen molar-refractivity contribution in [1.29, 1.82) is 0 Å². The van der Waals surface area contributed by atoms with Crippen LogP contribution in [-0.2, 0) is 9.53 Å². The van der Waals surface area contributed by atoms with Gasteiger partial charge >= 0.3 is 5.97 Å². The highest BCUT2D eigenvalue weighted by atomic mass is 16.5. The van der Waals surface area contributed by atoms with Gasteiger partial charge in [0.05, 0.1) is 0 Å². The fourth-order valence-electron chi connectivity index (χ4n) is 3.16. The number of benzene rings is 3. The van der Waals surface area contributed by atoms with Crippen molar-refractivity contribution in [2.45, 2.75) is 13.0 Å². The minimum absolute atomic E-state index is 0.315. The lowest BCUT2D eigenvalue weighted by molar-refractivity contribution is -0.123. The molecule has 1 aromatic heterocycles. The number of anilines is 1. The first kappa shape index (κ1) is 18.5. The molecule has 144 valence electrons. The van der Waals surface area contributed by atoms with Crippen LogP contribution in [0.4, 0.5) is 5.69 Å². The minimum atomic E-state index is -0.947. The predicted octanol–water partition coefficient (Wildman–Crippen LogP) is 5.02. The monoisotopic (exact) mass is 384 g/mol. The number of carbonyl (C=O) groups is 2. The van der Waals surface area contributed by atoms with Gasteiger partial charge in [-0.2, -0.15) is 0 Å². The minimum Gasteiger partial charge on any atom is -0.448 e. The van der Waals surface area contributed by atoms with Gasteiger partial charge in [-0.1, -0.05) is 66.7 Å². The van der Waals surface area contributed by atoms with Crippen LogP contribution in [0.3, 0.4) is 0 Å². The molecule has 0 unspecified atom stereocenters. The fraction of sp³-hybridized carbons (Fsp3) is 0.0833. The maximum Gasteiger partial charge on any atom is 0.355 e. The summed E-state index contributed by atoms with van der Waals surface area (Å²) in [4.78, 5) is 28.1. The van der Waals surface area contributed by atoms with E-state index >= 15 is 0 Å². The molecular weight excluding hydrogens is 364 g/mol. The molecule has 0 aliphatic heterocycles. The highest BCUT2D eigenvalue weighted by Gasteiger charge is 2.21. The molecule has 3 aromatic carbocycles. The van der Waals surface area contributed by atoms with Crippen LogP contribution in [0.1, 0.15) is 17.4 Å². The molecule has 5 heteroatoms. The summed E-state index contributed by atoms with van der Waals surface area (Å²) >= 11 is 0. The number of esters is 1. The third-order valence-corrected chi connectivity index (χ3v) is 4.67. The van der Waals surface area contributed by atoms with E-state index in [1.165, 1.54) is 0 Å². The normalized spacial score (nSPS) is 11.8. The fourth-order valence-corrected chi connectivity index (χ4v) is 3.16. The summed E-state index contributed by atoms with van der Waals surface area (Å²) in [7, 11) is 0. The lowest BCUT2D eigenvalue weighted by Gasteiger charge is -2.15. The van der Waals surface area contributed by atoms with Crippen LogP contribution >= 0.6 is 0 Å². The summed E-state index contributed by atoms with van der Waals surface area (Å²) in [6.07, 6.45) is -0.947. The molecule has 5 nitrogen and oxygen atoms in total. The molecular formula is C24H20N2O3. The smallest absolute Gasteiger partial charge is 0.355 e. The summed E-state index contributed by atoms with van der Waals surface area (Å²) in [6, 6.07) is 26.6. The summed E-state index contributed by atoms with van der Waals surface area (Å²) in [6.45, 7) is 1.56. The van der Waals surface area contributed by atoms with Crippen molar-refractivity contribution in [1.82, 2.24) is 4.98 Å². The molecule has 0 spiro atoms. The lowest BCUT2D eigenvalue weighted by atomic mass is 10.0. The Kier molecular flexibility index (Phi) is 5.12. The van der Waals surface area contributed by atoms with Crippen molar-refractivity contribution in [2.24, 2.45) is 0 Å². The zero-order valence-electron chi connectivity index (χ0n) is 15.9. The topological polar surface area (TPSA) is 71.2 Å². The molecule has 29 heavy (non-hydrogen) atoms. The number of hydrogen-bond donors (Lipinski definition) is 2. The van der Waals surface area contributed by atoms with Gasteiger partial charge in [-0.25, -0.2) is 4.79 Å². The van der Waals surface area contributed by atoms with Crippen molar-refractivity contribution in [3.05, 3.63) is 90.6 Å². The number of amides is 1. The van der Waals surface area contributed by atoms with E-state index in [4.69, 9.17) is 4.74 Å². The van der Waals surface area contributed by atoms with Gasteiger partial charge < -0.3 is 15.0 Å². The Morgan fingerprint density at radius 2 is 1.59 bits per heavy atom. The second-order valence-electron chi connectivity index (χ2n) is 6.72. The number of hydrogen-bond acceptors (Lipinski definition) is 3. The van der Waals surface area contributed by atoms with Crippen molar-refractivity contribution in [3.8, 4) is 11.1 Å². The maximum atomic E-state index is 12.6. The molecule has 1 amide bonds. The van der Waals surface area contributed by atoms with Gasteiger partial charge in [-0.15, -0.1) is 0 Å². The average molecular weight is 384 g/mol. The molecule has 0 saturated carbocycles. The molecule has 0 bridgehead atoms. The highest BCUT2D eigenvalue weighted by Crippen LogP contribution is 2.27. The Morgan fingerprint density at radius 1 is 0.897 bits per heavy atom. The molecule has 1 heterocycles. The Morgan fingerprint density at radius 3 is 2.38 bits per heavy atom. The Balaban J connectivity index is 1.47. The standard InChI is InChI=1S/C24H20N2O3/c1-16(29-24(28)22-15-18-11-5-7-13-20(18)25-22)23(27)26-21-14-8-6-12-19(21)17-9-3-2-4-10-17/h2-16,25H,1H3,(H,26,27)/t16-/m0/s1. The molecule has 0 aliphatic carbocycles. The Hall–Kier alpha value is -3.86. The van der Waals surface area contributed by atoms with E-state index in [9.17, 15) is 9.59 Å². The van der Waals surface area contributed by atoms with Crippen LogP contribution in [0.5, 0.6) is 0 Å². The van der Waals surface area contributed by atoms with Crippen molar-refractivity contribution < 1.29 is 14.3 Å². The first-order valence-electron chi connectivity index (χ1n) is 9.36. The van der Waals surface area contributed by atoms with E-state index in [0.717, 1.165) is 22.0 Å². The van der Waals surface area contributed by atoms with Crippen LogP contribution in [0.25, 0.3) is 22.0 Å². The summed E-state index contributed by atoms with van der Waals surface area (Å²) < 4.78 is 5.36. The van der Waals surface area contributed by atoms with Crippen LogP contribution in [0.15, 0.2) is 84.9 Å². The molecule has 4 aromatic rings. The van der Waals surface area contributed by atoms with Gasteiger partial charge in [0.2, 0.25) is 0 Å². The molecule has 0 radical (unpaired) electrons. The van der Waals surface area contributed by atoms with Gasteiger partial charge in [0.1, 0.15) is 5.69 Å². The molecule has 2 N–H and O–H groups in total. The van der Waals surface area contributed by atoms with E-state index in [2.05, 4.69) is 10.3 Å². The Labute approximate surface area is 168 Å². The van der Waals surface area contributed by atoms with Crippen molar-refractivity contribution in [3.63, 3.8) is 0 Å². The average Bonchev–Trinajstić information content (AvgIpc) is 3.19. The SMILES string of the molecule is C[C@H](OC(=O)c1cc2ccccc2[nH]1)C(=O)Nc1ccccc1-c1ccccc1. The molecule has 0 fully saturated rings. The van der Waals surface area contributed by atoms with Crippen molar-refractivity contribution in [2.75, 3.05) is 5.32 Å². The number of fused-ring (bicyclic) bond motifs is 1. The first-order chi connectivity index (χ1) is 14.1. The third-order valence-electron chi connectivity index (χ3n) is 4.67. The van der Waals surface area contributed by atoms with Crippen LogP contribution in [-0.4, -0.2) is 23.0 Å². The number of aromatic nitrogens is 1. The first-order valence-corrected chi connectivity index (χ1v) is 9.36. The number of nitrogens with one attached hydrogen (secondary N) is 2. The molecule has 4 rings (SSSR count). The number of ether oxygens (including phenoxy) is 1. The van der Waals surface area contributed by atoms with E-state index in [1.54, 1.807) is 13.0 Å².